The number of amides is 3. The molecule has 1 aliphatic heterocycles. The molecule has 2 aromatic carbocycles. The Kier molecular flexibility index (Phi) is 5.08. The molecule has 0 radical (unpaired) electrons. The number of nitrogens with zero attached hydrogens (tertiary/aromatic N) is 1. The van der Waals surface area contributed by atoms with Crippen LogP contribution in [0.25, 0.3) is 21.9 Å². The molecule has 10 heteroatoms. The molecule has 0 bridgehead atoms. The van der Waals surface area contributed by atoms with Crippen molar-refractivity contribution in [2.75, 3.05) is 0 Å². The Morgan fingerprint density at radius 1 is 1.03 bits per heavy atom. The maximum atomic E-state index is 12.9. The predicted molar refractivity (Wildman–Crippen MR) is 107 cm³/mol. The molecule has 7 nitrogen and oxygen atoms in total. The number of alkyl halides is 3. The van der Waals surface area contributed by atoms with Crippen LogP contribution in [0.3, 0.4) is 0 Å². The topological polar surface area (TPSA) is 97.4 Å². The third-order valence-corrected chi connectivity index (χ3v) is 5.24. The second-order valence-electron chi connectivity index (χ2n) is 7.45. The highest BCUT2D eigenvalue weighted by Gasteiger charge is 2.53. The maximum absolute atomic E-state index is 12.9. The van der Waals surface area contributed by atoms with E-state index in [1.165, 1.54) is 19.1 Å². The molecule has 1 saturated heterocycles. The van der Waals surface area contributed by atoms with Crippen LogP contribution in [0.2, 0.25) is 0 Å². The van der Waals surface area contributed by atoms with Gasteiger partial charge in [-0.15, -0.1) is 0 Å². The molecule has 2 atom stereocenters. The number of benzene rings is 2. The van der Waals surface area contributed by atoms with Gasteiger partial charge in [0.2, 0.25) is 0 Å². The summed E-state index contributed by atoms with van der Waals surface area (Å²) in [6.45, 7) is 1.19. The highest BCUT2D eigenvalue weighted by molar-refractivity contribution is 6.07. The lowest BCUT2D eigenvalue weighted by molar-refractivity contribution is -0.208. The lowest BCUT2D eigenvalue weighted by Gasteiger charge is -2.31. The Morgan fingerprint density at radius 3 is 2.34 bits per heavy atom. The summed E-state index contributed by atoms with van der Waals surface area (Å²) in [4.78, 5) is 39.5. The monoisotopic (exact) mass is 443 g/mol. The zero-order chi connectivity index (χ0) is 23.1. The van der Waals surface area contributed by atoms with E-state index < -0.39 is 35.7 Å². The lowest BCUT2D eigenvalue weighted by Crippen LogP contribution is -2.51. The van der Waals surface area contributed by atoms with Crippen molar-refractivity contribution in [3.63, 3.8) is 0 Å². The summed E-state index contributed by atoms with van der Waals surface area (Å²) in [5.41, 5.74) is -0.220. The molecule has 2 N–H and O–H groups in total. The van der Waals surface area contributed by atoms with E-state index in [1.54, 1.807) is 24.5 Å². The Bertz CT molecular complexity index is 1230. The molecule has 3 aromatic rings. The largest absolute Gasteiger partial charge is 0.490 e. The molecule has 164 valence electrons. The highest BCUT2D eigenvalue weighted by atomic mass is 19.4. The minimum Gasteiger partial charge on any atom is -0.448 e. The predicted octanol–water partition coefficient (Wildman–Crippen LogP) is 3.65. The van der Waals surface area contributed by atoms with E-state index in [0.717, 1.165) is 21.9 Å². The van der Waals surface area contributed by atoms with E-state index in [4.69, 9.17) is 0 Å². The van der Waals surface area contributed by atoms with Gasteiger partial charge in [0.05, 0.1) is 0 Å². The van der Waals surface area contributed by atoms with Crippen LogP contribution in [0.5, 0.6) is 0 Å². The number of rotatable bonds is 4. The van der Waals surface area contributed by atoms with E-state index in [2.05, 4.69) is 15.0 Å². The number of imide groups is 1. The molecule has 4 rings (SSSR count). The minimum absolute atomic E-state index is 0.108. The number of carbonyl (C=O) groups is 3. The number of esters is 1. The minimum atomic E-state index is -5.27. The summed E-state index contributed by atoms with van der Waals surface area (Å²) in [7, 11) is 0. The molecule has 0 unspecified atom stereocenters. The van der Waals surface area contributed by atoms with Crippen molar-refractivity contribution in [3.05, 3.63) is 66.5 Å². The van der Waals surface area contributed by atoms with Crippen molar-refractivity contribution < 1.29 is 32.3 Å². The number of hydrogen-bond acceptors (Lipinski definition) is 5. The molecule has 32 heavy (non-hydrogen) atoms. The smallest absolute Gasteiger partial charge is 0.448 e. The molecule has 1 aliphatic rings. The van der Waals surface area contributed by atoms with Crippen LogP contribution in [-0.4, -0.2) is 34.6 Å². The van der Waals surface area contributed by atoms with Crippen molar-refractivity contribution in [3.8, 4) is 11.1 Å². The first-order valence-electron chi connectivity index (χ1n) is 9.43. The van der Waals surface area contributed by atoms with E-state index in [1.807, 2.05) is 29.6 Å². The summed E-state index contributed by atoms with van der Waals surface area (Å²) in [6.07, 6.45) is -3.59. The zero-order valence-electron chi connectivity index (χ0n) is 16.6. The van der Waals surface area contributed by atoms with Crippen LogP contribution in [0.1, 0.15) is 18.6 Å². The summed E-state index contributed by atoms with van der Waals surface area (Å²) in [6, 6.07) is 12.8. The molecule has 1 fully saturated rings. The quantitative estimate of drug-likeness (QED) is 0.474. The van der Waals surface area contributed by atoms with Crippen LogP contribution in [0.15, 0.2) is 60.9 Å². The van der Waals surface area contributed by atoms with Crippen molar-refractivity contribution in [1.29, 1.82) is 0 Å². The molecule has 0 aliphatic carbocycles. The summed E-state index contributed by atoms with van der Waals surface area (Å²) in [5.74, 6) is -3.38. The van der Waals surface area contributed by atoms with Gasteiger partial charge in [0.15, 0.2) is 11.6 Å². The highest BCUT2D eigenvalue weighted by Crippen LogP contribution is 2.35. The first-order chi connectivity index (χ1) is 15.1. The van der Waals surface area contributed by atoms with Crippen molar-refractivity contribution in [1.82, 2.24) is 15.6 Å². The Labute approximate surface area is 179 Å². The fourth-order valence-corrected chi connectivity index (χ4v) is 3.55. The number of aromatic nitrogens is 1. The third kappa shape index (κ3) is 3.86. The van der Waals surface area contributed by atoms with E-state index in [-0.39, 0.29) is 5.56 Å². The van der Waals surface area contributed by atoms with E-state index in [9.17, 15) is 27.6 Å². The second kappa shape index (κ2) is 7.63. The number of hydrogen-bond donors (Lipinski definition) is 2. The Morgan fingerprint density at radius 2 is 1.72 bits per heavy atom. The van der Waals surface area contributed by atoms with Gasteiger partial charge in [-0.2, -0.15) is 13.2 Å². The first-order valence-corrected chi connectivity index (χ1v) is 9.43. The van der Waals surface area contributed by atoms with Gasteiger partial charge in [0.25, 0.3) is 5.91 Å². The van der Waals surface area contributed by atoms with Gasteiger partial charge in [0, 0.05) is 17.8 Å². The van der Waals surface area contributed by atoms with Crippen LogP contribution in [0.4, 0.5) is 18.0 Å². The zero-order valence-corrected chi connectivity index (χ0v) is 16.6. The fraction of sp³-hybridized carbons (Fsp3) is 0.182. The number of pyridine rings is 1. The molecule has 3 amide bonds. The van der Waals surface area contributed by atoms with Crippen molar-refractivity contribution >= 4 is 28.7 Å². The number of carbonyl (C=O) groups excluding carboxylic acids is 3. The summed E-state index contributed by atoms with van der Waals surface area (Å²) in [5, 5.41) is 6.11. The SMILES string of the molecule is C[C@]1([C@H](OC(=O)C(F)(F)F)c2ccc(-c3ccc4cnccc4c3)cc2)NC(=O)NC1=O. The molecule has 2 heterocycles. The average molecular weight is 443 g/mol. The van der Waals surface area contributed by atoms with Gasteiger partial charge in [-0.05, 0) is 41.1 Å². The third-order valence-electron chi connectivity index (χ3n) is 5.24. The standard InChI is InChI=1S/C22H16F3N3O4/c1-21(18(29)27-20(31)28-21)17(32-19(30)22(23,24)25)13-4-2-12(3-5-13)14-6-7-16-11-26-9-8-15(16)10-14/h2-11,17H,1H3,(H2,27,28,29,31)/t17-,21-/m1/s1. The number of ether oxygens (including phenoxy) is 1. The first kappa shape index (κ1) is 21.3. The van der Waals surface area contributed by atoms with E-state index >= 15 is 0 Å². The Hall–Kier alpha value is -3.95. The van der Waals surface area contributed by atoms with Crippen molar-refractivity contribution in [2.24, 2.45) is 0 Å². The number of urea groups is 1. The van der Waals surface area contributed by atoms with E-state index in [0.29, 0.717) is 0 Å². The van der Waals surface area contributed by atoms with Crippen LogP contribution in [0, 0.1) is 0 Å². The second-order valence-corrected chi connectivity index (χ2v) is 7.45. The van der Waals surface area contributed by atoms with Gasteiger partial charge in [0.1, 0.15) is 0 Å². The molecule has 0 saturated carbocycles. The fourth-order valence-electron chi connectivity index (χ4n) is 3.55. The molecule has 0 spiro atoms. The lowest BCUT2D eigenvalue weighted by atomic mass is 9.88. The Balaban J connectivity index is 1.70. The van der Waals surface area contributed by atoms with Crippen LogP contribution >= 0.6 is 0 Å². The molecular weight excluding hydrogens is 427 g/mol. The number of nitrogens with one attached hydrogen (secondary N) is 2. The van der Waals surface area contributed by atoms with Gasteiger partial charge in [-0.1, -0.05) is 36.4 Å². The summed E-state index contributed by atoms with van der Waals surface area (Å²) >= 11 is 0. The normalized spacial score (nSPS) is 19.4. The number of fused-ring (bicyclic) bond motifs is 1. The maximum Gasteiger partial charge on any atom is 0.490 e. The van der Waals surface area contributed by atoms with Crippen molar-refractivity contribution in [2.45, 2.75) is 24.7 Å². The molecular formula is C22H16F3N3O4. The molecule has 1 aromatic heterocycles. The van der Waals surface area contributed by atoms with Gasteiger partial charge in [-0.3, -0.25) is 15.1 Å². The van der Waals surface area contributed by atoms with Gasteiger partial charge >= 0.3 is 18.2 Å². The van der Waals surface area contributed by atoms with Crippen LogP contribution in [-0.2, 0) is 14.3 Å². The average Bonchev–Trinajstić information content (AvgIpc) is 3.02. The number of halogens is 3. The van der Waals surface area contributed by atoms with Gasteiger partial charge in [-0.25, -0.2) is 9.59 Å². The summed E-state index contributed by atoms with van der Waals surface area (Å²) < 4.78 is 43.2. The van der Waals surface area contributed by atoms with Gasteiger partial charge < -0.3 is 10.1 Å². The van der Waals surface area contributed by atoms with Crippen LogP contribution < -0.4 is 10.6 Å².